The van der Waals surface area contributed by atoms with Crippen LogP contribution < -0.4 is 5.73 Å². The van der Waals surface area contributed by atoms with E-state index in [1.807, 2.05) is 13.8 Å². The number of nitrogens with two attached hydrogens (primary N) is 1. The number of allylic oxidation sites excluding steroid dienone is 1. The lowest BCUT2D eigenvalue weighted by Crippen LogP contribution is -2.44. The van der Waals surface area contributed by atoms with Crippen molar-refractivity contribution in [1.29, 1.82) is 0 Å². The van der Waals surface area contributed by atoms with Gasteiger partial charge in [0.15, 0.2) is 0 Å². The van der Waals surface area contributed by atoms with E-state index in [2.05, 4.69) is 20.8 Å². The molecule has 0 aromatic heterocycles. The van der Waals surface area contributed by atoms with Crippen LogP contribution in [0.2, 0.25) is 0 Å². The van der Waals surface area contributed by atoms with Gasteiger partial charge in [-0.2, -0.15) is 0 Å². The van der Waals surface area contributed by atoms with Crippen molar-refractivity contribution in [3.05, 3.63) is 11.8 Å². The SMILES string of the molecule is CC(C)=CN.CCCCCCCCC(CC(C)C)C(OC)(OC)OC. The molecule has 1 unspecified atom stereocenters. The Balaban J connectivity index is 0. The molecule has 0 aromatic rings. The highest BCUT2D eigenvalue weighted by Crippen LogP contribution is 2.33. The first-order valence-electron chi connectivity index (χ1n) is 9.83. The largest absolute Gasteiger partial charge is 0.405 e. The zero-order valence-electron chi connectivity index (χ0n) is 18.2. The second-order valence-electron chi connectivity index (χ2n) is 7.34. The topological polar surface area (TPSA) is 53.7 Å². The lowest BCUT2D eigenvalue weighted by atomic mass is 9.89. The van der Waals surface area contributed by atoms with Crippen molar-refractivity contribution in [3.8, 4) is 0 Å². The lowest BCUT2D eigenvalue weighted by molar-refractivity contribution is -0.381. The molecular weight excluding hydrogens is 314 g/mol. The molecule has 0 heterocycles. The van der Waals surface area contributed by atoms with Crippen molar-refractivity contribution < 1.29 is 14.2 Å². The number of ether oxygens (including phenoxy) is 3. The van der Waals surface area contributed by atoms with E-state index in [0.29, 0.717) is 5.92 Å². The number of hydrogen-bond acceptors (Lipinski definition) is 4. The van der Waals surface area contributed by atoms with Gasteiger partial charge in [-0.15, -0.1) is 0 Å². The highest BCUT2D eigenvalue weighted by molar-refractivity contribution is 4.87. The van der Waals surface area contributed by atoms with Crippen LogP contribution in [0.1, 0.15) is 86.0 Å². The summed E-state index contributed by atoms with van der Waals surface area (Å²) in [5.41, 5.74) is 6.17. The standard InChI is InChI=1S/C17H36O3.C4H9N/c1-7-8-9-10-11-12-13-16(14-15(2)3)17(18-4,19-5)20-6;1-4(2)3-5/h15-16H,7-14H2,1-6H3;3H,5H2,1-2H3. The number of methoxy groups -OCH3 is 3. The monoisotopic (exact) mass is 359 g/mol. The van der Waals surface area contributed by atoms with Gasteiger partial charge in [-0.3, -0.25) is 0 Å². The molecule has 4 nitrogen and oxygen atoms in total. The first kappa shape index (κ1) is 26.6. The smallest absolute Gasteiger partial charge is 0.285 e. The molecule has 1 atom stereocenters. The maximum absolute atomic E-state index is 5.55. The highest BCUT2D eigenvalue weighted by atomic mass is 16.9. The van der Waals surface area contributed by atoms with Gasteiger partial charge >= 0.3 is 0 Å². The maximum atomic E-state index is 5.55. The summed E-state index contributed by atoms with van der Waals surface area (Å²) in [5.74, 6) is 0.0156. The Bertz CT molecular complexity index is 300. The lowest BCUT2D eigenvalue weighted by Gasteiger charge is -2.37. The van der Waals surface area contributed by atoms with Gasteiger partial charge in [-0.05, 0) is 38.8 Å². The fraction of sp³-hybridized carbons (Fsp3) is 0.905. The van der Waals surface area contributed by atoms with Crippen molar-refractivity contribution in [2.45, 2.75) is 92.0 Å². The van der Waals surface area contributed by atoms with E-state index in [1.165, 1.54) is 38.5 Å². The predicted octanol–water partition coefficient (Wildman–Crippen LogP) is 5.86. The van der Waals surface area contributed by atoms with Crippen LogP contribution in [0.3, 0.4) is 0 Å². The molecule has 0 amide bonds. The molecule has 0 aliphatic rings. The highest BCUT2D eigenvalue weighted by Gasteiger charge is 2.39. The third-order valence-corrected chi connectivity index (χ3v) is 4.35. The minimum absolute atomic E-state index is 0.286. The predicted molar refractivity (Wildman–Crippen MR) is 108 cm³/mol. The fourth-order valence-electron chi connectivity index (χ4n) is 2.93. The van der Waals surface area contributed by atoms with E-state index >= 15 is 0 Å². The van der Waals surface area contributed by atoms with E-state index in [9.17, 15) is 0 Å². The van der Waals surface area contributed by atoms with Crippen LogP contribution >= 0.6 is 0 Å². The molecule has 0 aromatic carbocycles. The van der Waals surface area contributed by atoms with Gasteiger partial charge in [0.05, 0.1) is 0 Å². The van der Waals surface area contributed by atoms with Gasteiger partial charge in [0.25, 0.3) is 5.97 Å². The Morgan fingerprint density at radius 1 is 0.920 bits per heavy atom. The molecule has 0 rings (SSSR count). The summed E-state index contributed by atoms with van der Waals surface area (Å²) in [4.78, 5) is 0. The molecule has 0 fully saturated rings. The summed E-state index contributed by atoms with van der Waals surface area (Å²) in [6.07, 6.45) is 11.6. The zero-order chi connectivity index (χ0) is 19.7. The van der Waals surface area contributed by atoms with E-state index < -0.39 is 5.97 Å². The van der Waals surface area contributed by atoms with Gasteiger partial charge in [0, 0.05) is 27.2 Å². The Morgan fingerprint density at radius 3 is 1.72 bits per heavy atom. The summed E-state index contributed by atoms with van der Waals surface area (Å²) >= 11 is 0. The summed E-state index contributed by atoms with van der Waals surface area (Å²) < 4.78 is 16.7. The Hall–Kier alpha value is -0.580. The van der Waals surface area contributed by atoms with Crippen molar-refractivity contribution in [1.82, 2.24) is 0 Å². The van der Waals surface area contributed by atoms with Crippen LogP contribution in [0.25, 0.3) is 0 Å². The molecule has 2 N–H and O–H groups in total. The average molecular weight is 360 g/mol. The van der Waals surface area contributed by atoms with Gasteiger partial charge < -0.3 is 19.9 Å². The van der Waals surface area contributed by atoms with Crippen molar-refractivity contribution in [3.63, 3.8) is 0 Å². The van der Waals surface area contributed by atoms with Crippen LogP contribution in [-0.4, -0.2) is 27.3 Å². The van der Waals surface area contributed by atoms with Crippen LogP contribution in [0, 0.1) is 11.8 Å². The average Bonchev–Trinajstić information content (AvgIpc) is 2.59. The first-order valence-corrected chi connectivity index (χ1v) is 9.83. The fourth-order valence-corrected chi connectivity index (χ4v) is 2.93. The molecular formula is C21H45NO3. The molecule has 0 aliphatic heterocycles. The van der Waals surface area contributed by atoms with Gasteiger partial charge in [-0.1, -0.05) is 64.9 Å². The van der Waals surface area contributed by atoms with E-state index in [1.54, 1.807) is 27.5 Å². The van der Waals surface area contributed by atoms with Gasteiger partial charge in [-0.25, -0.2) is 0 Å². The van der Waals surface area contributed by atoms with Crippen LogP contribution in [-0.2, 0) is 14.2 Å². The number of rotatable bonds is 13. The number of unbranched alkanes of at least 4 members (excludes halogenated alkanes) is 5. The second-order valence-corrected chi connectivity index (χ2v) is 7.34. The molecule has 152 valence electrons. The zero-order valence-corrected chi connectivity index (χ0v) is 18.2. The molecule has 25 heavy (non-hydrogen) atoms. The van der Waals surface area contributed by atoms with E-state index in [4.69, 9.17) is 19.9 Å². The normalized spacial score (nSPS) is 12.5. The molecule has 0 spiro atoms. The summed E-state index contributed by atoms with van der Waals surface area (Å²) in [6, 6.07) is 0. The summed E-state index contributed by atoms with van der Waals surface area (Å²) in [5, 5.41) is 0. The van der Waals surface area contributed by atoms with Gasteiger partial charge in [0.2, 0.25) is 0 Å². The third-order valence-electron chi connectivity index (χ3n) is 4.35. The number of hydrogen-bond donors (Lipinski definition) is 1. The molecule has 0 saturated carbocycles. The van der Waals surface area contributed by atoms with E-state index in [0.717, 1.165) is 18.4 Å². The Kier molecular flexibility index (Phi) is 18.0. The van der Waals surface area contributed by atoms with Crippen molar-refractivity contribution in [2.24, 2.45) is 17.6 Å². The Labute approximate surface area is 157 Å². The Morgan fingerprint density at radius 2 is 1.36 bits per heavy atom. The minimum Gasteiger partial charge on any atom is -0.405 e. The molecule has 0 bridgehead atoms. The second kappa shape index (κ2) is 16.9. The third kappa shape index (κ3) is 13.3. The molecule has 4 heteroatoms. The quantitative estimate of drug-likeness (QED) is 0.330. The van der Waals surface area contributed by atoms with Crippen LogP contribution in [0.5, 0.6) is 0 Å². The van der Waals surface area contributed by atoms with Crippen molar-refractivity contribution >= 4 is 0 Å². The minimum atomic E-state index is -0.881. The molecule has 0 aliphatic carbocycles. The van der Waals surface area contributed by atoms with Gasteiger partial charge in [0.1, 0.15) is 0 Å². The molecule has 0 saturated heterocycles. The molecule has 0 radical (unpaired) electrons. The van der Waals surface area contributed by atoms with Crippen LogP contribution in [0.15, 0.2) is 11.8 Å². The van der Waals surface area contributed by atoms with Crippen molar-refractivity contribution in [2.75, 3.05) is 21.3 Å². The first-order chi connectivity index (χ1) is 11.8. The maximum Gasteiger partial charge on any atom is 0.285 e. The van der Waals surface area contributed by atoms with E-state index in [-0.39, 0.29) is 5.92 Å². The summed E-state index contributed by atoms with van der Waals surface area (Å²) in [6.45, 7) is 10.6. The summed E-state index contributed by atoms with van der Waals surface area (Å²) in [7, 11) is 5.00. The van der Waals surface area contributed by atoms with Crippen LogP contribution in [0.4, 0.5) is 0 Å².